The Balaban J connectivity index is 2.16. The summed E-state index contributed by atoms with van der Waals surface area (Å²) in [6.07, 6.45) is -0.158. The van der Waals surface area contributed by atoms with E-state index in [9.17, 15) is 9.59 Å². The number of anilines is 1. The van der Waals surface area contributed by atoms with Crippen molar-refractivity contribution in [3.8, 4) is 0 Å². The third kappa shape index (κ3) is 6.18. The van der Waals surface area contributed by atoms with E-state index in [-0.39, 0.29) is 36.1 Å². The average molecular weight is 395 g/mol. The number of amides is 2. The summed E-state index contributed by atoms with van der Waals surface area (Å²) in [5.74, 6) is 0.146. The molecule has 0 saturated heterocycles. The van der Waals surface area contributed by atoms with E-state index >= 15 is 0 Å². The van der Waals surface area contributed by atoms with Crippen LogP contribution in [0.25, 0.3) is 0 Å². The van der Waals surface area contributed by atoms with Crippen molar-refractivity contribution in [3.05, 3.63) is 65.2 Å². The number of nitrogens with zero attached hydrogens (tertiary/aromatic N) is 1. The third-order valence-electron chi connectivity index (χ3n) is 5.09. The summed E-state index contributed by atoms with van der Waals surface area (Å²) in [7, 11) is 0. The molecule has 0 aromatic heterocycles. The topological polar surface area (TPSA) is 49.4 Å². The first-order valence-corrected chi connectivity index (χ1v) is 10.5. The predicted molar refractivity (Wildman–Crippen MR) is 120 cm³/mol. The van der Waals surface area contributed by atoms with Crippen LogP contribution in [0.5, 0.6) is 0 Å². The molecule has 0 atom stereocenters. The van der Waals surface area contributed by atoms with Gasteiger partial charge in [0.1, 0.15) is 6.42 Å². The van der Waals surface area contributed by atoms with E-state index < -0.39 is 0 Å². The summed E-state index contributed by atoms with van der Waals surface area (Å²) in [4.78, 5) is 27.4. The van der Waals surface area contributed by atoms with E-state index in [0.717, 1.165) is 22.4 Å². The summed E-state index contributed by atoms with van der Waals surface area (Å²) in [5.41, 5.74) is 4.11. The van der Waals surface area contributed by atoms with Gasteiger partial charge in [-0.05, 0) is 42.4 Å². The molecule has 29 heavy (non-hydrogen) atoms. The second-order valence-corrected chi connectivity index (χ2v) is 8.45. The van der Waals surface area contributed by atoms with Gasteiger partial charge < -0.3 is 10.2 Å². The molecule has 0 heterocycles. The van der Waals surface area contributed by atoms with Crippen molar-refractivity contribution in [1.29, 1.82) is 0 Å². The molecule has 0 fully saturated rings. The normalized spacial score (nSPS) is 11.2. The van der Waals surface area contributed by atoms with Crippen LogP contribution < -0.4 is 5.32 Å². The van der Waals surface area contributed by atoms with Crippen LogP contribution >= 0.6 is 0 Å². The zero-order valence-electron chi connectivity index (χ0n) is 18.5. The van der Waals surface area contributed by atoms with Gasteiger partial charge in [-0.25, -0.2) is 0 Å². The summed E-state index contributed by atoms with van der Waals surface area (Å²) >= 11 is 0. The highest BCUT2D eigenvalue weighted by molar-refractivity contribution is 6.04. The predicted octanol–water partition coefficient (Wildman–Crippen LogP) is 5.70. The molecule has 0 aliphatic carbocycles. The number of para-hydroxylation sites is 1. The van der Waals surface area contributed by atoms with Crippen LogP contribution in [0.1, 0.15) is 76.5 Å². The van der Waals surface area contributed by atoms with Gasteiger partial charge in [0.25, 0.3) is 0 Å². The van der Waals surface area contributed by atoms with Crippen molar-refractivity contribution in [3.63, 3.8) is 0 Å². The first-order valence-electron chi connectivity index (χ1n) is 10.5. The van der Waals surface area contributed by atoms with Crippen molar-refractivity contribution in [2.45, 2.75) is 72.4 Å². The lowest BCUT2D eigenvalue weighted by molar-refractivity contribution is -0.136. The van der Waals surface area contributed by atoms with Gasteiger partial charge in [-0.3, -0.25) is 9.59 Å². The number of benzene rings is 2. The van der Waals surface area contributed by atoms with Crippen LogP contribution in [-0.2, 0) is 16.1 Å². The Bertz CT molecular complexity index is 800. The minimum Gasteiger partial charge on any atom is -0.336 e. The summed E-state index contributed by atoms with van der Waals surface area (Å²) in [6, 6.07) is 16.0. The van der Waals surface area contributed by atoms with Crippen molar-refractivity contribution < 1.29 is 9.59 Å². The zero-order valence-corrected chi connectivity index (χ0v) is 18.5. The largest absolute Gasteiger partial charge is 0.336 e. The molecule has 4 heteroatoms. The van der Waals surface area contributed by atoms with Gasteiger partial charge in [0.05, 0.1) is 0 Å². The smallest absolute Gasteiger partial charge is 0.233 e. The molecular weight excluding hydrogens is 360 g/mol. The molecule has 0 aliphatic heterocycles. The van der Waals surface area contributed by atoms with Crippen LogP contribution in [0.3, 0.4) is 0 Å². The molecule has 2 amide bonds. The van der Waals surface area contributed by atoms with Crippen LogP contribution in [0.15, 0.2) is 48.5 Å². The standard InChI is InChI=1S/C25H34N2O2/c1-17(2)21-13-10-14-22(18(3)4)25(21)26-23(28)15-24(29)27(19(5)6)16-20-11-8-7-9-12-20/h7-14,17-19H,15-16H2,1-6H3,(H,26,28). The minimum atomic E-state index is -0.260. The Kier molecular flexibility index (Phi) is 8.00. The highest BCUT2D eigenvalue weighted by atomic mass is 16.2. The fourth-order valence-corrected chi connectivity index (χ4v) is 3.46. The van der Waals surface area contributed by atoms with E-state index in [4.69, 9.17) is 0 Å². The van der Waals surface area contributed by atoms with Gasteiger partial charge in [-0.2, -0.15) is 0 Å². The van der Waals surface area contributed by atoms with Crippen molar-refractivity contribution in [1.82, 2.24) is 4.90 Å². The number of carbonyl (C=O) groups excluding carboxylic acids is 2. The number of hydrogen-bond acceptors (Lipinski definition) is 2. The monoisotopic (exact) mass is 394 g/mol. The number of carbonyl (C=O) groups is 2. The minimum absolute atomic E-state index is 0.0182. The molecule has 4 nitrogen and oxygen atoms in total. The van der Waals surface area contributed by atoms with Gasteiger partial charge >= 0.3 is 0 Å². The molecule has 1 N–H and O–H groups in total. The Labute approximate surface area is 175 Å². The maximum Gasteiger partial charge on any atom is 0.233 e. The highest BCUT2D eigenvalue weighted by Gasteiger charge is 2.22. The fraction of sp³-hybridized carbons (Fsp3) is 0.440. The zero-order chi connectivity index (χ0) is 21.6. The second-order valence-electron chi connectivity index (χ2n) is 8.45. The quantitative estimate of drug-likeness (QED) is 0.584. The van der Waals surface area contributed by atoms with Gasteiger partial charge in [0, 0.05) is 18.3 Å². The van der Waals surface area contributed by atoms with Crippen LogP contribution in [0.4, 0.5) is 5.69 Å². The van der Waals surface area contributed by atoms with Crippen molar-refractivity contribution in [2.75, 3.05) is 5.32 Å². The summed E-state index contributed by atoms with van der Waals surface area (Å²) in [6.45, 7) is 12.9. The SMILES string of the molecule is CC(C)c1cccc(C(C)C)c1NC(=O)CC(=O)N(Cc1ccccc1)C(C)C. The van der Waals surface area contributed by atoms with Crippen LogP contribution in [0, 0.1) is 0 Å². The van der Waals surface area contributed by atoms with Crippen LogP contribution in [-0.4, -0.2) is 22.8 Å². The molecule has 156 valence electrons. The van der Waals surface area contributed by atoms with Gasteiger partial charge in [-0.1, -0.05) is 76.2 Å². The van der Waals surface area contributed by atoms with Gasteiger partial charge in [0.15, 0.2) is 0 Å². The van der Waals surface area contributed by atoms with E-state index in [1.54, 1.807) is 4.90 Å². The molecule has 2 rings (SSSR count). The molecule has 0 spiro atoms. The lowest BCUT2D eigenvalue weighted by atomic mass is 9.92. The summed E-state index contributed by atoms with van der Waals surface area (Å²) in [5, 5.41) is 3.04. The van der Waals surface area contributed by atoms with E-state index in [1.165, 1.54) is 0 Å². The molecule has 0 unspecified atom stereocenters. The Morgan fingerprint density at radius 2 is 1.38 bits per heavy atom. The van der Waals surface area contributed by atoms with Gasteiger partial charge in [-0.15, -0.1) is 0 Å². The number of hydrogen-bond donors (Lipinski definition) is 1. The number of rotatable bonds is 8. The molecule has 0 saturated carbocycles. The Morgan fingerprint density at radius 1 is 0.828 bits per heavy atom. The maximum absolute atomic E-state index is 12.9. The first-order chi connectivity index (χ1) is 13.7. The molecule has 0 radical (unpaired) electrons. The molecule has 2 aromatic rings. The second kappa shape index (κ2) is 10.2. The average Bonchev–Trinajstić information content (AvgIpc) is 2.66. The first kappa shape index (κ1) is 22.7. The van der Waals surface area contributed by atoms with Crippen molar-refractivity contribution in [2.24, 2.45) is 0 Å². The summed E-state index contributed by atoms with van der Waals surface area (Å²) < 4.78 is 0. The number of nitrogens with one attached hydrogen (secondary N) is 1. The van der Waals surface area contributed by atoms with Crippen molar-refractivity contribution >= 4 is 17.5 Å². The van der Waals surface area contributed by atoms with Crippen LogP contribution in [0.2, 0.25) is 0 Å². The third-order valence-corrected chi connectivity index (χ3v) is 5.09. The van der Waals surface area contributed by atoms with Gasteiger partial charge in [0.2, 0.25) is 11.8 Å². The fourth-order valence-electron chi connectivity index (χ4n) is 3.46. The van der Waals surface area contributed by atoms with E-state index in [2.05, 4.69) is 33.0 Å². The molecular formula is C25H34N2O2. The molecule has 0 aliphatic rings. The maximum atomic E-state index is 12.9. The Morgan fingerprint density at radius 3 is 1.86 bits per heavy atom. The molecule has 2 aromatic carbocycles. The Hall–Kier alpha value is -2.62. The van der Waals surface area contributed by atoms with E-state index in [0.29, 0.717) is 6.54 Å². The highest BCUT2D eigenvalue weighted by Crippen LogP contribution is 2.32. The lowest BCUT2D eigenvalue weighted by Gasteiger charge is -2.27. The van der Waals surface area contributed by atoms with E-state index in [1.807, 2.05) is 62.4 Å². The lowest BCUT2D eigenvalue weighted by Crippen LogP contribution is -2.38. The molecule has 0 bridgehead atoms.